The number of hydrogen-bond donors (Lipinski definition) is 2. The fourth-order valence-electron chi connectivity index (χ4n) is 5.78. The molecule has 45 heavy (non-hydrogen) atoms. The van der Waals surface area contributed by atoms with E-state index in [0.29, 0.717) is 53.8 Å². The molecule has 2 aromatic carbocycles. The van der Waals surface area contributed by atoms with E-state index < -0.39 is 29.4 Å². The second-order valence-corrected chi connectivity index (χ2v) is 12.4. The fraction of sp³-hybridized carbons (Fsp3) is 0.412. The predicted octanol–water partition coefficient (Wildman–Crippen LogP) is 6.44. The SMILES string of the molecule is CCCc1cc(CNC(=O)c2cc3nc(C)c(C(OC(C)(C)C)C(=O)O)c(-c4cc(F)c5c(c4C)CCCO5)n3n2)ccc1F. The molecule has 11 heteroatoms. The first-order chi connectivity index (χ1) is 21.3. The predicted molar refractivity (Wildman–Crippen MR) is 164 cm³/mol. The summed E-state index contributed by atoms with van der Waals surface area (Å²) in [6.45, 7) is 11.2. The van der Waals surface area contributed by atoms with E-state index >= 15 is 4.39 Å². The average molecular weight is 621 g/mol. The number of nitrogens with zero attached hydrogens (tertiary/aromatic N) is 3. The molecule has 0 bridgehead atoms. The highest BCUT2D eigenvalue weighted by atomic mass is 19.1. The Labute approximate surface area is 260 Å². The van der Waals surface area contributed by atoms with Crippen molar-refractivity contribution in [2.75, 3.05) is 6.61 Å². The second kappa shape index (κ2) is 12.5. The van der Waals surface area contributed by atoms with Crippen LogP contribution in [0.2, 0.25) is 0 Å². The first-order valence-electron chi connectivity index (χ1n) is 15.1. The molecule has 0 fully saturated rings. The maximum Gasteiger partial charge on any atom is 0.337 e. The molecular weight excluding hydrogens is 582 g/mol. The van der Waals surface area contributed by atoms with Gasteiger partial charge in [-0.2, -0.15) is 5.10 Å². The summed E-state index contributed by atoms with van der Waals surface area (Å²) in [5.41, 5.74) is 3.38. The van der Waals surface area contributed by atoms with E-state index in [-0.39, 0.29) is 40.7 Å². The molecule has 1 atom stereocenters. The van der Waals surface area contributed by atoms with Crippen LogP contribution in [0.1, 0.15) is 90.6 Å². The standard InChI is InChI=1S/C34H38F2N4O5/c1-7-9-21-14-20(11-12-24(21)35)17-37-32(41)26-16-27-38-19(3)28(31(33(42)43)45-34(4,5)6)29(40(27)39-26)23-15-25(36)30-22(18(23)2)10-8-13-44-30/h11-12,14-16,31H,7-10,13,17H2,1-6H3,(H,37,41)(H,42,43). The van der Waals surface area contributed by atoms with Crippen LogP contribution in [0.15, 0.2) is 30.3 Å². The number of carbonyl (C=O) groups is 2. The zero-order valence-corrected chi connectivity index (χ0v) is 26.4. The van der Waals surface area contributed by atoms with Crippen LogP contribution in [-0.4, -0.2) is 43.8 Å². The lowest BCUT2D eigenvalue weighted by Crippen LogP contribution is -2.29. The Balaban J connectivity index is 1.65. The lowest BCUT2D eigenvalue weighted by atomic mass is 9.91. The van der Waals surface area contributed by atoms with E-state index in [9.17, 15) is 19.1 Å². The zero-order valence-electron chi connectivity index (χ0n) is 26.4. The highest BCUT2D eigenvalue weighted by Gasteiger charge is 2.35. The third-order valence-electron chi connectivity index (χ3n) is 7.79. The van der Waals surface area contributed by atoms with Gasteiger partial charge in [-0.25, -0.2) is 23.1 Å². The number of aryl methyl sites for hydroxylation is 2. The van der Waals surface area contributed by atoms with Crippen molar-refractivity contribution in [3.63, 3.8) is 0 Å². The van der Waals surface area contributed by atoms with Crippen LogP contribution >= 0.6 is 0 Å². The summed E-state index contributed by atoms with van der Waals surface area (Å²) in [5.74, 6) is -2.42. The van der Waals surface area contributed by atoms with Crippen molar-refractivity contribution in [2.24, 2.45) is 0 Å². The molecule has 4 aromatic rings. The van der Waals surface area contributed by atoms with Crippen LogP contribution < -0.4 is 10.1 Å². The van der Waals surface area contributed by atoms with Gasteiger partial charge in [0.1, 0.15) is 5.82 Å². The van der Waals surface area contributed by atoms with Crippen LogP contribution in [-0.2, 0) is 28.9 Å². The van der Waals surface area contributed by atoms with Crippen LogP contribution in [0, 0.1) is 25.5 Å². The molecule has 3 heterocycles. The van der Waals surface area contributed by atoms with Gasteiger partial charge in [0.15, 0.2) is 29.0 Å². The van der Waals surface area contributed by atoms with E-state index in [1.54, 1.807) is 39.8 Å². The quantitative estimate of drug-likeness (QED) is 0.221. The summed E-state index contributed by atoms with van der Waals surface area (Å²) in [5, 5.41) is 17.7. The number of carbonyl (C=O) groups excluding carboxylic acids is 1. The summed E-state index contributed by atoms with van der Waals surface area (Å²) in [6, 6.07) is 7.55. The molecule has 1 aliphatic heterocycles. The van der Waals surface area contributed by atoms with Crippen molar-refractivity contribution in [3.8, 4) is 17.0 Å². The molecule has 0 saturated heterocycles. The smallest absolute Gasteiger partial charge is 0.337 e. The maximum atomic E-state index is 15.6. The van der Waals surface area contributed by atoms with Gasteiger partial charge in [0, 0.05) is 35.0 Å². The topological polar surface area (TPSA) is 115 Å². The van der Waals surface area contributed by atoms with E-state index in [0.717, 1.165) is 12.0 Å². The molecule has 0 aliphatic carbocycles. The minimum absolute atomic E-state index is 0.0271. The van der Waals surface area contributed by atoms with Crippen molar-refractivity contribution in [3.05, 3.63) is 81.2 Å². The molecule has 238 valence electrons. The second-order valence-electron chi connectivity index (χ2n) is 12.4. The maximum absolute atomic E-state index is 15.6. The molecule has 0 spiro atoms. The number of hydrogen-bond acceptors (Lipinski definition) is 6. The lowest BCUT2D eigenvalue weighted by molar-refractivity contribution is -0.160. The van der Waals surface area contributed by atoms with E-state index in [2.05, 4.69) is 15.4 Å². The Bertz CT molecular complexity index is 1790. The number of amides is 1. The van der Waals surface area contributed by atoms with Gasteiger partial charge in [-0.05, 0) is 82.7 Å². The molecule has 5 rings (SSSR count). The Morgan fingerprint density at radius 2 is 1.91 bits per heavy atom. The van der Waals surface area contributed by atoms with Crippen LogP contribution in [0.4, 0.5) is 8.78 Å². The van der Waals surface area contributed by atoms with Crippen molar-refractivity contribution in [2.45, 2.75) is 85.5 Å². The summed E-state index contributed by atoms with van der Waals surface area (Å²) in [7, 11) is 0. The summed E-state index contributed by atoms with van der Waals surface area (Å²) in [6.07, 6.45) is 1.20. The summed E-state index contributed by atoms with van der Waals surface area (Å²) in [4.78, 5) is 30.6. The molecule has 2 N–H and O–H groups in total. The van der Waals surface area contributed by atoms with E-state index in [1.807, 2.05) is 13.8 Å². The minimum Gasteiger partial charge on any atom is -0.490 e. The van der Waals surface area contributed by atoms with Crippen LogP contribution in [0.3, 0.4) is 0 Å². The number of carboxylic acids is 1. The Morgan fingerprint density at radius 1 is 1.16 bits per heavy atom. The zero-order chi connectivity index (χ0) is 32.6. The normalized spacial score (nSPS) is 13.8. The van der Waals surface area contributed by atoms with Crippen molar-refractivity contribution in [1.29, 1.82) is 0 Å². The van der Waals surface area contributed by atoms with Crippen molar-refractivity contribution in [1.82, 2.24) is 19.9 Å². The number of nitrogens with one attached hydrogen (secondary N) is 1. The van der Waals surface area contributed by atoms with E-state index in [4.69, 9.17) is 9.47 Å². The number of fused-ring (bicyclic) bond motifs is 2. The third kappa shape index (κ3) is 6.54. The van der Waals surface area contributed by atoms with Gasteiger partial charge in [0.2, 0.25) is 0 Å². The lowest BCUT2D eigenvalue weighted by Gasteiger charge is -2.28. The van der Waals surface area contributed by atoms with Crippen LogP contribution in [0.5, 0.6) is 5.75 Å². The third-order valence-corrected chi connectivity index (χ3v) is 7.79. The molecule has 0 saturated carbocycles. The Morgan fingerprint density at radius 3 is 2.60 bits per heavy atom. The van der Waals surface area contributed by atoms with Crippen molar-refractivity contribution < 1.29 is 33.0 Å². The van der Waals surface area contributed by atoms with Crippen molar-refractivity contribution >= 4 is 17.5 Å². The number of ether oxygens (including phenoxy) is 2. The summed E-state index contributed by atoms with van der Waals surface area (Å²) >= 11 is 0. The first kappa shape index (κ1) is 32.0. The number of carboxylic acid groups (broad SMARTS) is 1. The van der Waals surface area contributed by atoms with Gasteiger partial charge in [-0.1, -0.05) is 25.5 Å². The summed E-state index contributed by atoms with van der Waals surface area (Å²) < 4.78 is 42.8. The first-order valence-corrected chi connectivity index (χ1v) is 15.1. The fourth-order valence-corrected chi connectivity index (χ4v) is 5.78. The highest BCUT2D eigenvalue weighted by molar-refractivity contribution is 5.93. The molecule has 2 aromatic heterocycles. The highest BCUT2D eigenvalue weighted by Crippen LogP contribution is 2.41. The van der Waals surface area contributed by atoms with Gasteiger partial charge >= 0.3 is 5.97 Å². The Kier molecular flexibility index (Phi) is 8.93. The number of aromatic nitrogens is 3. The van der Waals surface area contributed by atoms with Gasteiger partial charge < -0.3 is 19.9 Å². The van der Waals surface area contributed by atoms with E-state index in [1.165, 1.54) is 22.7 Å². The number of benzene rings is 2. The van der Waals surface area contributed by atoms with Gasteiger partial charge in [-0.15, -0.1) is 0 Å². The number of aliphatic carboxylic acids is 1. The Hall–Kier alpha value is -4.38. The minimum atomic E-state index is -1.47. The molecule has 1 amide bonds. The average Bonchev–Trinajstić information content (AvgIpc) is 3.41. The van der Waals surface area contributed by atoms with Crippen LogP contribution in [0.25, 0.3) is 16.9 Å². The molecule has 0 radical (unpaired) electrons. The molecule has 1 aliphatic rings. The molecule has 9 nitrogen and oxygen atoms in total. The molecular formula is C34H38F2N4O5. The van der Waals surface area contributed by atoms with Gasteiger partial charge in [0.05, 0.1) is 17.9 Å². The number of rotatable bonds is 9. The van der Waals surface area contributed by atoms with Gasteiger partial charge in [-0.3, -0.25) is 4.79 Å². The monoisotopic (exact) mass is 620 g/mol. The largest absolute Gasteiger partial charge is 0.490 e. The number of halogens is 2. The molecule has 1 unspecified atom stereocenters. The van der Waals surface area contributed by atoms with Gasteiger partial charge in [0.25, 0.3) is 5.91 Å².